The average molecular weight is 246 g/mol. The van der Waals surface area contributed by atoms with Gasteiger partial charge in [0, 0.05) is 5.57 Å². The van der Waals surface area contributed by atoms with E-state index in [4.69, 9.17) is 0 Å². The van der Waals surface area contributed by atoms with Crippen molar-refractivity contribution in [1.82, 2.24) is 0 Å². The highest BCUT2D eigenvalue weighted by molar-refractivity contribution is 5.87. The lowest BCUT2D eigenvalue weighted by Gasteiger charge is -2.34. The summed E-state index contributed by atoms with van der Waals surface area (Å²) in [4.78, 5) is 10.9. The van der Waals surface area contributed by atoms with Crippen molar-refractivity contribution < 1.29 is 31.5 Å². The summed E-state index contributed by atoms with van der Waals surface area (Å²) < 4.78 is 65.9. The third-order valence-electron chi connectivity index (χ3n) is 1.81. The van der Waals surface area contributed by atoms with E-state index < -0.39 is 23.7 Å². The van der Waals surface area contributed by atoms with E-state index in [1.807, 2.05) is 0 Å². The van der Waals surface area contributed by atoms with Gasteiger partial charge in [-0.1, -0.05) is 6.58 Å². The Kier molecular flexibility index (Phi) is 3.74. The van der Waals surface area contributed by atoms with Crippen molar-refractivity contribution in [1.29, 1.82) is 0 Å². The first-order chi connectivity index (χ1) is 6.83. The zero-order valence-electron chi connectivity index (χ0n) is 8.91. The van der Waals surface area contributed by atoms with Crippen LogP contribution in [0.2, 0.25) is 0 Å². The fourth-order valence-electron chi connectivity index (χ4n) is 0.724. The number of carbonyl (C=O) groups excluding carboxylic acids is 1. The molecule has 2 nitrogen and oxygen atoms in total. The van der Waals surface area contributed by atoms with Crippen molar-refractivity contribution in [2.24, 2.45) is 0 Å². The molecule has 94 valence electrons. The molecular formula is C9H11F5O2. The number of carbonyl (C=O) groups is 1. The van der Waals surface area contributed by atoms with Crippen LogP contribution >= 0.6 is 0 Å². The zero-order valence-corrected chi connectivity index (χ0v) is 8.91. The maximum Gasteiger partial charge on any atom is 0.457 e. The normalized spacial score (nSPS) is 13.5. The van der Waals surface area contributed by atoms with Gasteiger partial charge in [0.25, 0.3) is 0 Å². The third-order valence-corrected chi connectivity index (χ3v) is 1.81. The molecule has 0 rings (SSSR count). The van der Waals surface area contributed by atoms with Crippen LogP contribution in [-0.4, -0.2) is 23.7 Å². The zero-order chi connectivity index (χ0) is 13.4. The number of halogens is 5. The van der Waals surface area contributed by atoms with Gasteiger partial charge in [-0.3, -0.25) is 0 Å². The summed E-state index contributed by atoms with van der Waals surface area (Å²) in [6.07, 6.45) is -5.79. The summed E-state index contributed by atoms with van der Waals surface area (Å²) in [7, 11) is 0. The van der Waals surface area contributed by atoms with Crippen molar-refractivity contribution in [3.8, 4) is 0 Å². The van der Waals surface area contributed by atoms with Crippen LogP contribution in [0, 0.1) is 0 Å². The molecule has 0 saturated carbocycles. The first kappa shape index (κ1) is 14.9. The lowest BCUT2D eigenvalue weighted by molar-refractivity contribution is -0.335. The highest BCUT2D eigenvalue weighted by Gasteiger charge is 2.68. The van der Waals surface area contributed by atoms with Crippen LogP contribution < -0.4 is 0 Å². The van der Waals surface area contributed by atoms with Gasteiger partial charge < -0.3 is 4.74 Å². The van der Waals surface area contributed by atoms with Crippen molar-refractivity contribution in [2.75, 3.05) is 0 Å². The quantitative estimate of drug-likeness (QED) is 0.434. The minimum absolute atomic E-state index is 0.258. The van der Waals surface area contributed by atoms with E-state index in [0.29, 0.717) is 13.8 Å². The molecule has 0 aromatic rings. The lowest BCUT2D eigenvalue weighted by atomic mass is 9.99. The summed E-state index contributed by atoms with van der Waals surface area (Å²) in [5.41, 5.74) is -3.24. The highest BCUT2D eigenvalue weighted by atomic mass is 19.4. The summed E-state index contributed by atoms with van der Waals surface area (Å²) in [5.74, 6) is -6.43. The Hall–Kier alpha value is -1.14. The summed E-state index contributed by atoms with van der Waals surface area (Å²) >= 11 is 0. The number of ether oxygens (including phenoxy) is 1. The van der Waals surface area contributed by atoms with E-state index in [2.05, 4.69) is 11.3 Å². The van der Waals surface area contributed by atoms with Crippen LogP contribution in [0.4, 0.5) is 22.0 Å². The van der Waals surface area contributed by atoms with Gasteiger partial charge in [0.1, 0.15) is 0 Å². The van der Waals surface area contributed by atoms with Crippen LogP contribution in [0.3, 0.4) is 0 Å². The molecule has 0 atom stereocenters. The van der Waals surface area contributed by atoms with Gasteiger partial charge in [-0.2, -0.15) is 22.0 Å². The van der Waals surface area contributed by atoms with Gasteiger partial charge in [0.2, 0.25) is 0 Å². The van der Waals surface area contributed by atoms with E-state index in [1.54, 1.807) is 0 Å². The van der Waals surface area contributed by atoms with Gasteiger partial charge in [-0.05, 0) is 20.8 Å². The highest BCUT2D eigenvalue weighted by Crippen LogP contribution is 2.45. The average Bonchev–Trinajstić information content (AvgIpc) is 2.00. The first-order valence-electron chi connectivity index (χ1n) is 4.16. The van der Waals surface area contributed by atoms with Gasteiger partial charge in [0.05, 0.1) is 0 Å². The molecule has 0 bridgehead atoms. The molecule has 0 saturated heterocycles. The van der Waals surface area contributed by atoms with E-state index in [-0.39, 0.29) is 5.57 Å². The molecule has 0 spiro atoms. The molecule has 0 aliphatic rings. The first-order valence-corrected chi connectivity index (χ1v) is 4.16. The minimum Gasteiger partial charge on any atom is -0.449 e. The van der Waals surface area contributed by atoms with Crippen molar-refractivity contribution in [3.63, 3.8) is 0 Å². The van der Waals surface area contributed by atoms with Crippen LogP contribution in [-0.2, 0) is 9.53 Å². The second-order valence-corrected chi connectivity index (χ2v) is 3.75. The fraction of sp³-hybridized carbons (Fsp3) is 0.667. The number of alkyl halides is 5. The van der Waals surface area contributed by atoms with Crippen LogP contribution in [0.1, 0.15) is 20.8 Å². The van der Waals surface area contributed by atoms with Crippen molar-refractivity contribution in [3.05, 3.63) is 12.2 Å². The topological polar surface area (TPSA) is 26.3 Å². The summed E-state index contributed by atoms with van der Waals surface area (Å²) in [6.45, 7) is 5.20. The van der Waals surface area contributed by atoms with Gasteiger partial charge in [-0.25, -0.2) is 4.79 Å². The second-order valence-electron chi connectivity index (χ2n) is 3.75. The van der Waals surface area contributed by atoms with Crippen molar-refractivity contribution >= 4 is 5.97 Å². The minimum atomic E-state index is -5.79. The third kappa shape index (κ3) is 2.70. The van der Waals surface area contributed by atoms with Crippen LogP contribution in [0.5, 0.6) is 0 Å². The molecule has 0 N–H and O–H groups in total. The molecule has 0 aromatic heterocycles. The Morgan fingerprint density at radius 2 is 1.50 bits per heavy atom. The van der Waals surface area contributed by atoms with E-state index in [0.717, 1.165) is 6.92 Å². The lowest BCUT2D eigenvalue weighted by Crippen LogP contribution is -2.55. The number of rotatable bonds is 3. The van der Waals surface area contributed by atoms with Gasteiger partial charge in [0.15, 0.2) is 5.60 Å². The molecule has 0 unspecified atom stereocenters. The molecule has 0 aliphatic carbocycles. The molecule has 0 heterocycles. The molecule has 7 heteroatoms. The number of hydrogen-bond donors (Lipinski definition) is 0. The molecule has 0 aromatic carbocycles. The Bertz CT molecular complexity index is 304. The maximum atomic E-state index is 12.9. The predicted molar refractivity (Wildman–Crippen MR) is 46.0 cm³/mol. The number of hydrogen-bond acceptors (Lipinski definition) is 2. The van der Waals surface area contributed by atoms with Crippen molar-refractivity contribution in [2.45, 2.75) is 38.5 Å². The van der Waals surface area contributed by atoms with Gasteiger partial charge in [-0.15, -0.1) is 0 Å². The predicted octanol–water partition coefficient (Wildman–Crippen LogP) is 3.08. The molecule has 0 radical (unpaired) electrons. The Balaban J connectivity index is 5.06. The van der Waals surface area contributed by atoms with Crippen LogP contribution in [0.15, 0.2) is 12.2 Å². The maximum absolute atomic E-state index is 12.9. The molecular weight excluding hydrogens is 235 g/mol. The molecule has 0 fully saturated rings. The molecule has 0 amide bonds. The fourth-order valence-corrected chi connectivity index (χ4v) is 0.724. The van der Waals surface area contributed by atoms with E-state index in [1.165, 1.54) is 0 Å². The standard InChI is InChI=1S/C9H11F5O2/c1-5(2)6(15)16-7(3,4)8(10,11)9(12,13)14/h1H2,2-4H3. The van der Waals surface area contributed by atoms with Crippen LogP contribution in [0.25, 0.3) is 0 Å². The second kappa shape index (κ2) is 4.03. The Labute approximate surface area is 89.1 Å². The SMILES string of the molecule is C=C(C)C(=O)OC(C)(C)C(F)(F)C(F)(F)F. The smallest absolute Gasteiger partial charge is 0.449 e. The number of esters is 1. The summed E-state index contributed by atoms with van der Waals surface area (Å²) in [6, 6.07) is 0. The van der Waals surface area contributed by atoms with E-state index >= 15 is 0 Å². The Morgan fingerprint density at radius 1 is 1.12 bits per heavy atom. The van der Waals surface area contributed by atoms with E-state index in [9.17, 15) is 26.7 Å². The molecule has 16 heavy (non-hydrogen) atoms. The molecule has 0 aliphatic heterocycles. The largest absolute Gasteiger partial charge is 0.457 e. The van der Waals surface area contributed by atoms with Gasteiger partial charge >= 0.3 is 18.1 Å². The monoisotopic (exact) mass is 246 g/mol. The summed E-state index contributed by atoms with van der Waals surface area (Å²) in [5, 5.41) is 0. The Morgan fingerprint density at radius 3 is 1.75 bits per heavy atom.